The van der Waals surface area contributed by atoms with Gasteiger partial charge in [-0.3, -0.25) is 4.79 Å². The SMILES string of the molecule is O=C(c1cc(F)c(F)c(S(=O)(=O)Cl)c1Cl)N1CCCC1. The lowest BCUT2D eigenvalue weighted by atomic mass is 10.2. The first kappa shape index (κ1) is 15.5. The van der Waals surface area contributed by atoms with E-state index >= 15 is 0 Å². The fraction of sp³-hybridized carbons (Fsp3) is 0.364. The maximum absolute atomic E-state index is 13.5. The molecular weight excluding hydrogens is 335 g/mol. The van der Waals surface area contributed by atoms with Crippen molar-refractivity contribution in [3.8, 4) is 0 Å². The normalized spacial score (nSPS) is 15.7. The van der Waals surface area contributed by atoms with Gasteiger partial charge >= 0.3 is 0 Å². The highest BCUT2D eigenvalue weighted by Gasteiger charge is 2.31. The lowest BCUT2D eigenvalue weighted by Gasteiger charge is -2.17. The standard InChI is InChI=1S/C11H9Cl2F2NO3S/c12-8-6(11(17)16-3-1-2-4-16)5-7(14)9(15)10(8)20(13,18)19/h5H,1-4H2. The number of rotatable bonds is 2. The second kappa shape index (κ2) is 5.46. The smallest absolute Gasteiger partial charge is 0.265 e. The zero-order chi connectivity index (χ0) is 15.1. The molecule has 0 atom stereocenters. The van der Waals surface area contributed by atoms with Crippen molar-refractivity contribution in [1.82, 2.24) is 4.90 Å². The van der Waals surface area contributed by atoms with Crippen LogP contribution in [-0.4, -0.2) is 32.3 Å². The topological polar surface area (TPSA) is 54.5 Å². The molecule has 9 heteroatoms. The number of carbonyl (C=O) groups is 1. The summed E-state index contributed by atoms with van der Waals surface area (Å²) in [6, 6.07) is 0.587. The minimum absolute atomic E-state index is 0.410. The quantitative estimate of drug-likeness (QED) is 0.612. The summed E-state index contributed by atoms with van der Waals surface area (Å²) in [6.07, 6.45) is 1.57. The summed E-state index contributed by atoms with van der Waals surface area (Å²) in [4.78, 5) is 12.3. The summed E-state index contributed by atoms with van der Waals surface area (Å²) in [6.45, 7) is 0.911. The van der Waals surface area contributed by atoms with Gasteiger partial charge in [0.15, 0.2) is 11.6 Å². The van der Waals surface area contributed by atoms with Gasteiger partial charge in [0.05, 0.1) is 10.6 Å². The minimum atomic E-state index is -4.61. The summed E-state index contributed by atoms with van der Waals surface area (Å²) in [7, 11) is 0.422. The van der Waals surface area contributed by atoms with Crippen LogP contribution in [0.25, 0.3) is 0 Å². The monoisotopic (exact) mass is 343 g/mol. The van der Waals surface area contributed by atoms with Crippen LogP contribution in [0.15, 0.2) is 11.0 Å². The Morgan fingerprint density at radius 1 is 1.25 bits per heavy atom. The van der Waals surface area contributed by atoms with Gasteiger partial charge in [0, 0.05) is 23.8 Å². The predicted molar refractivity (Wildman–Crippen MR) is 69.5 cm³/mol. The molecule has 1 fully saturated rings. The highest BCUT2D eigenvalue weighted by atomic mass is 35.7. The summed E-state index contributed by atoms with van der Waals surface area (Å²) < 4.78 is 49.5. The zero-order valence-electron chi connectivity index (χ0n) is 10.00. The Labute approximate surface area is 123 Å². The average Bonchev–Trinajstić information content (AvgIpc) is 2.85. The highest BCUT2D eigenvalue weighted by molar-refractivity contribution is 8.13. The Hall–Kier alpha value is -0.920. The number of hydrogen-bond acceptors (Lipinski definition) is 3. The number of halogens is 4. The maximum Gasteiger partial charge on any atom is 0.265 e. The van der Waals surface area contributed by atoms with Gasteiger partial charge in [-0.25, -0.2) is 17.2 Å². The first-order chi connectivity index (χ1) is 9.23. The van der Waals surface area contributed by atoms with Crippen LogP contribution >= 0.6 is 22.3 Å². The van der Waals surface area contributed by atoms with Crippen molar-refractivity contribution in [3.05, 3.63) is 28.3 Å². The van der Waals surface area contributed by atoms with E-state index < -0.39 is 42.1 Å². The van der Waals surface area contributed by atoms with Gasteiger partial charge in [0.2, 0.25) is 0 Å². The number of nitrogens with zero attached hydrogens (tertiary/aromatic N) is 1. The number of benzene rings is 1. The molecule has 0 bridgehead atoms. The van der Waals surface area contributed by atoms with E-state index in [-0.39, 0.29) is 0 Å². The number of carbonyl (C=O) groups excluding carboxylic acids is 1. The van der Waals surface area contributed by atoms with Gasteiger partial charge in [-0.1, -0.05) is 11.6 Å². The fourth-order valence-corrected chi connectivity index (χ4v) is 3.75. The van der Waals surface area contributed by atoms with Crippen molar-refractivity contribution in [3.63, 3.8) is 0 Å². The average molecular weight is 344 g/mol. The number of amides is 1. The van der Waals surface area contributed by atoms with Crippen LogP contribution in [-0.2, 0) is 9.05 Å². The molecule has 20 heavy (non-hydrogen) atoms. The minimum Gasteiger partial charge on any atom is -0.339 e. The largest absolute Gasteiger partial charge is 0.339 e. The summed E-state index contributed by atoms with van der Waals surface area (Å²) in [5.41, 5.74) is -0.410. The summed E-state index contributed by atoms with van der Waals surface area (Å²) in [5.74, 6) is -3.83. The van der Waals surface area contributed by atoms with Gasteiger partial charge in [0.1, 0.15) is 4.90 Å². The third-order valence-electron chi connectivity index (χ3n) is 2.98. The molecule has 0 unspecified atom stereocenters. The van der Waals surface area contributed by atoms with Gasteiger partial charge < -0.3 is 4.90 Å². The molecule has 1 heterocycles. The molecule has 1 aliphatic heterocycles. The lowest BCUT2D eigenvalue weighted by molar-refractivity contribution is 0.0792. The molecule has 2 rings (SSSR count). The maximum atomic E-state index is 13.5. The van der Waals surface area contributed by atoms with E-state index in [2.05, 4.69) is 0 Å². The third-order valence-corrected chi connectivity index (χ3v) is 4.82. The van der Waals surface area contributed by atoms with E-state index in [0.717, 1.165) is 12.8 Å². The zero-order valence-corrected chi connectivity index (χ0v) is 12.3. The van der Waals surface area contributed by atoms with Crippen molar-refractivity contribution in [2.45, 2.75) is 17.7 Å². The van der Waals surface area contributed by atoms with Crippen LogP contribution in [0, 0.1) is 11.6 Å². The molecule has 0 spiro atoms. The van der Waals surface area contributed by atoms with Crippen LogP contribution in [0.4, 0.5) is 8.78 Å². The number of hydrogen-bond donors (Lipinski definition) is 0. The molecule has 1 aromatic rings. The molecule has 1 saturated heterocycles. The molecule has 0 saturated carbocycles. The Bertz CT molecular complexity index is 673. The molecule has 0 aliphatic carbocycles. The summed E-state index contributed by atoms with van der Waals surface area (Å²) >= 11 is 5.73. The molecule has 1 aliphatic rings. The predicted octanol–water partition coefficient (Wildman–Crippen LogP) is 2.78. The third kappa shape index (κ3) is 2.75. The van der Waals surface area contributed by atoms with E-state index in [1.54, 1.807) is 0 Å². The van der Waals surface area contributed by atoms with Crippen LogP contribution in [0.5, 0.6) is 0 Å². The van der Waals surface area contributed by atoms with E-state index in [0.29, 0.717) is 19.2 Å². The van der Waals surface area contributed by atoms with Crippen molar-refractivity contribution in [2.75, 3.05) is 13.1 Å². The second-order valence-electron chi connectivity index (χ2n) is 4.30. The van der Waals surface area contributed by atoms with E-state index in [1.807, 2.05) is 0 Å². The molecule has 110 valence electrons. The molecule has 0 N–H and O–H groups in total. The van der Waals surface area contributed by atoms with E-state index in [4.69, 9.17) is 22.3 Å². The van der Waals surface area contributed by atoms with Crippen molar-refractivity contribution < 1.29 is 22.0 Å². The molecule has 0 aromatic heterocycles. The number of likely N-dealkylation sites (tertiary alicyclic amines) is 1. The second-order valence-corrected chi connectivity index (χ2v) is 7.18. The van der Waals surface area contributed by atoms with Crippen LogP contribution in [0.2, 0.25) is 5.02 Å². The molecular formula is C11H9Cl2F2NO3S. The van der Waals surface area contributed by atoms with E-state index in [9.17, 15) is 22.0 Å². The van der Waals surface area contributed by atoms with E-state index in [1.165, 1.54) is 4.90 Å². The van der Waals surface area contributed by atoms with Crippen LogP contribution < -0.4 is 0 Å². The van der Waals surface area contributed by atoms with Crippen LogP contribution in [0.3, 0.4) is 0 Å². The van der Waals surface area contributed by atoms with Gasteiger partial charge in [-0.05, 0) is 18.9 Å². The Kier molecular flexibility index (Phi) is 4.22. The first-order valence-corrected chi connectivity index (χ1v) is 8.33. The lowest BCUT2D eigenvalue weighted by Crippen LogP contribution is -2.28. The summed E-state index contributed by atoms with van der Waals surface area (Å²) in [5, 5.41) is -0.698. The van der Waals surface area contributed by atoms with Crippen molar-refractivity contribution in [2.24, 2.45) is 0 Å². The Balaban J connectivity index is 2.60. The van der Waals surface area contributed by atoms with Gasteiger partial charge in [-0.2, -0.15) is 0 Å². The molecule has 1 amide bonds. The van der Waals surface area contributed by atoms with Gasteiger partial charge in [0.25, 0.3) is 15.0 Å². The van der Waals surface area contributed by atoms with Gasteiger partial charge in [-0.15, -0.1) is 0 Å². The molecule has 4 nitrogen and oxygen atoms in total. The van der Waals surface area contributed by atoms with Crippen LogP contribution in [0.1, 0.15) is 23.2 Å². The first-order valence-electron chi connectivity index (χ1n) is 5.65. The highest BCUT2D eigenvalue weighted by Crippen LogP contribution is 2.33. The fourth-order valence-electron chi connectivity index (χ4n) is 2.04. The Morgan fingerprint density at radius 3 is 2.30 bits per heavy atom. The molecule has 1 aromatic carbocycles. The van der Waals surface area contributed by atoms with Crippen molar-refractivity contribution >= 4 is 37.2 Å². The van der Waals surface area contributed by atoms with Crippen molar-refractivity contribution in [1.29, 1.82) is 0 Å². The molecule has 0 radical (unpaired) electrons. The Morgan fingerprint density at radius 2 is 1.80 bits per heavy atom.